The Kier molecular flexibility index (Phi) is 12.5. The second-order valence-corrected chi connectivity index (χ2v) is 7.62. The van der Waals surface area contributed by atoms with Gasteiger partial charge in [0.2, 0.25) is 5.91 Å². The molecule has 0 unspecified atom stereocenters. The first kappa shape index (κ1) is 26.0. The van der Waals surface area contributed by atoms with Gasteiger partial charge in [-0.1, -0.05) is 37.3 Å². The number of amides is 1. The van der Waals surface area contributed by atoms with Crippen molar-refractivity contribution < 1.29 is 14.7 Å². The molecule has 0 saturated carbocycles. The van der Waals surface area contributed by atoms with Crippen LogP contribution < -0.4 is 22.1 Å². The van der Waals surface area contributed by atoms with Crippen molar-refractivity contribution in [3.8, 4) is 0 Å². The maximum atomic E-state index is 12.2. The third-order valence-electron chi connectivity index (χ3n) is 5.03. The van der Waals surface area contributed by atoms with Crippen molar-refractivity contribution in [2.24, 2.45) is 16.5 Å². The number of benzene rings is 1. The van der Waals surface area contributed by atoms with Gasteiger partial charge in [0.05, 0.1) is 6.04 Å². The lowest BCUT2D eigenvalue weighted by atomic mass is 10.0. The van der Waals surface area contributed by atoms with Crippen LogP contribution in [-0.2, 0) is 22.4 Å². The fraction of sp³-hybridized carbons (Fsp3) is 0.522. The summed E-state index contributed by atoms with van der Waals surface area (Å²) in [5, 5.41) is 14.6. The third kappa shape index (κ3) is 12.3. The number of rotatable bonds is 16. The molecular formula is C23H37N5O3. The smallest absolute Gasteiger partial charge is 0.303 e. The zero-order valence-corrected chi connectivity index (χ0v) is 18.5. The number of hydrogen-bond donors (Lipinski definition) is 5. The number of aliphatic imine (C=N–C) groups is 1. The highest BCUT2D eigenvalue weighted by molar-refractivity contribution is 5.76. The van der Waals surface area contributed by atoms with Crippen molar-refractivity contribution in [2.45, 2.75) is 63.8 Å². The number of aliphatic carboxylic acids is 1. The molecule has 0 bridgehead atoms. The number of carbonyl (C=O) groups is 2. The molecule has 0 aliphatic rings. The first-order valence-electron chi connectivity index (χ1n) is 10.8. The highest BCUT2D eigenvalue weighted by Gasteiger charge is 2.16. The highest BCUT2D eigenvalue weighted by atomic mass is 16.4. The Morgan fingerprint density at radius 1 is 1.03 bits per heavy atom. The third-order valence-corrected chi connectivity index (χ3v) is 5.03. The average molecular weight is 432 g/mol. The van der Waals surface area contributed by atoms with E-state index < -0.39 is 5.97 Å². The minimum Gasteiger partial charge on any atom is -0.481 e. The van der Waals surface area contributed by atoms with Crippen molar-refractivity contribution >= 4 is 17.8 Å². The lowest BCUT2D eigenvalue weighted by Crippen LogP contribution is -2.39. The highest BCUT2D eigenvalue weighted by Crippen LogP contribution is 2.12. The Hall–Kier alpha value is -3.03. The van der Waals surface area contributed by atoms with Crippen LogP contribution in [0.3, 0.4) is 0 Å². The number of carbonyl (C=O) groups excluding carboxylic acids is 1. The molecule has 0 heterocycles. The first-order chi connectivity index (χ1) is 14.8. The number of nitrogens with two attached hydrogens (primary N) is 2. The Morgan fingerprint density at radius 2 is 1.65 bits per heavy atom. The van der Waals surface area contributed by atoms with Crippen LogP contribution in [0.15, 0.2) is 41.5 Å². The number of hydrogen-bond acceptors (Lipinski definition) is 4. The van der Waals surface area contributed by atoms with Crippen LogP contribution in [0.4, 0.5) is 0 Å². The van der Waals surface area contributed by atoms with E-state index in [1.54, 1.807) is 7.05 Å². The average Bonchev–Trinajstić information content (AvgIpc) is 2.74. The number of nitrogens with zero attached hydrogens (tertiary/aromatic N) is 1. The van der Waals surface area contributed by atoms with Gasteiger partial charge in [0.15, 0.2) is 5.96 Å². The standard InChI is InChI=1S/C23H37N5O3/c1-17(26-2)20(14-15-22(30)31)28-21(29)9-5-3-4-7-18-10-12-19(13-11-18)8-6-16-27-23(24)25/h10-13,20,26H,1,3-9,14-16H2,2H3,(H,28,29)(H,30,31)(H4,24,25,27)/t20-/m1/s1. The quantitative estimate of drug-likeness (QED) is 0.154. The number of carboxylic acid groups (broad SMARTS) is 1. The molecular weight excluding hydrogens is 394 g/mol. The van der Waals surface area contributed by atoms with E-state index in [1.165, 1.54) is 11.1 Å². The molecule has 0 radical (unpaired) electrons. The molecule has 0 aromatic heterocycles. The van der Waals surface area contributed by atoms with E-state index in [1.807, 2.05) is 0 Å². The SMILES string of the molecule is C=C(NC)[C@@H](CCC(=O)O)NC(=O)CCCCCc1ccc(CCCN=C(N)N)cc1. The van der Waals surface area contributed by atoms with E-state index in [0.29, 0.717) is 25.1 Å². The molecule has 0 fully saturated rings. The second-order valence-electron chi connectivity index (χ2n) is 7.62. The summed E-state index contributed by atoms with van der Waals surface area (Å²) in [6.07, 6.45) is 6.35. The van der Waals surface area contributed by atoms with E-state index in [9.17, 15) is 9.59 Å². The summed E-state index contributed by atoms with van der Waals surface area (Å²) in [5.41, 5.74) is 13.8. The predicted molar refractivity (Wildman–Crippen MR) is 125 cm³/mol. The number of guanidine groups is 1. The van der Waals surface area contributed by atoms with Gasteiger partial charge in [0.25, 0.3) is 0 Å². The monoisotopic (exact) mass is 431 g/mol. The van der Waals surface area contributed by atoms with Crippen molar-refractivity contribution in [1.29, 1.82) is 0 Å². The van der Waals surface area contributed by atoms with Gasteiger partial charge in [0.1, 0.15) is 0 Å². The lowest BCUT2D eigenvalue weighted by Gasteiger charge is -2.20. The molecule has 1 aromatic rings. The van der Waals surface area contributed by atoms with Crippen LogP contribution in [0.5, 0.6) is 0 Å². The summed E-state index contributed by atoms with van der Waals surface area (Å²) >= 11 is 0. The predicted octanol–water partition coefficient (Wildman–Crippen LogP) is 2.08. The van der Waals surface area contributed by atoms with Crippen LogP contribution >= 0.6 is 0 Å². The molecule has 1 rings (SSSR count). The Labute approximate surface area is 185 Å². The molecule has 8 heteroatoms. The van der Waals surface area contributed by atoms with Gasteiger partial charge in [0, 0.05) is 32.1 Å². The van der Waals surface area contributed by atoms with E-state index in [2.05, 4.69) is 46.5 Å². The number of carboxylic acids is 1. The zero-order chi connectivity index (χ0) is 23.1. The maximum Gasteiger partial charge on any atom is 0.303 e. The van der Waals surface area contributed by atoms with Crippen molar-refractivity contribution in [1.82, 2.24) is 10.6 Å². The molecule has 0 aliphatic heterocycles. The van der Waals surface area contributed by atoms with E-state index in [0.717, 1.165) is 38.5 Å². The van der Waals surface area contributed by atoms with E-state index in [4.69, 9.17) is 16.6 Å². The fourth-order valence-electron chi connectivity index (χ4n) is 3.20. The fourth-order valence-corrected chi connectivity index (χ4v) is 3.20. The molecule has 172 valence electrons. The maximum absolute atomic E-state index is 12.2. The molecule has 7 N–H and O–H groups in total. The lowest BCUT2D eigenvalue weighted by molar-refractivity contribution is -0.137. The van der Waals surface area contributed by atoms with Crippen LogP contribution in [0.2, 0.25) is 0 Å². The Bertz CT molecular complexity index is 727. The van der Waals surface area contributed by atoms with Crippen LogP contribution in [-0.4, -0.2) is 42.6 Å². The number of unbranched alkanes of at least 4 members (excludes halogenated alkanes) is 2. The van der Waals surface area contributed by atoms with Gasteiger partial charge in [-0.3, -0.25) is 14.6 Å². The summed E-state index contributed by atoms with van der Waals surface area (Å²) in [6.45, 7) is 4.49. The number of aryl methyl sites for hydroxylation is 2. The molecule has 0 aliphatic carbocycles. The van der Waals surface area contributed by atoms with Crippen LogP contribution in [0.1, 0.15) is 56.1 Å². The van der Waals surface area contributed by atoms with Crippen molar-refractivity contribution in [3.63, 3.8) is 0 Å². The molecule has 0 spiro atoms. The minimum atomic E-state index is -0.887. The number of nitrogens with one attached hydrogen (secondary N) is 2. The van der Waals surface area contributed by atoms with Crippen molar-refractivity contribution in [2.75, 3.05) is 13.6 Å². The molecule has 31 heavy (non-hydrogen) atoms. The van der Waals surface area contributed by atoms with E-state index in [-0.39, 0.29) is 24.3 Å². The van der Waals surface area contributed by atoms with Gasteiger partial charge >= 0.3 is 5.97 Å². The molecule has 1 atom stereocenters. The van der Waals surface area contributed by atoms with Crippen LogP contribution in [0.25, 0.3) is 0 Å². The largest absolute Gasteiger partial charge is 0.481 e. The summed E-state index contributed by atoms with van der Waals surface area (Å²) < 4.78 is 0. The summed E-state index contributed by atoms with van der Waals surface area (Å²) in [7, 11) is 1.71. The topological polar surface area (TPSA) is 143 Å². The Morgan fingerprint density at radius 3 is 2.19 bits per heavy atom. The minimum absolute atomic E-state index is 0.0132. The summed E-state index contributed by atoms with van der Waals surface area (Å²) in [6, 6.07) is 8.22. The van der Waals surface area contributed by atoms with Crippen molar-refractivity contribution in [3.05, 3.63) is 47.7 Å². The molecule has 1 amide bonds. The normalized spacial score (nSPS) is 11.4. The summed E-state index contributed by atoms with van der Waals surface area (Å²) in [4.78, 5) is 27.0. The van der Waals surface area contributed by atoms with Gasteiger partial charge in [-0.05, 0) is 49.7 Å². The van der Waals surface area contributed by atoms with Gasteiger partial charge < -0.3 is 27.2 Å². The first-order valence-corrected chi connectivity index (χ1v) is 10.8. The Balaban J connectivity index is 2.25. The second kappa shape index (κ2) is 14.9. The van der Waals surface area contributed by atoms with Gasteiger partial charge in [-0.15, -0.1) is 0 Å². The molecule has 1 aromatic carbocycles. The number of likely N-dealkylation sites (N-methyl/N-ethyl adjacent to an activating group) is 1. The summed E-state index contributed by atoms with van der Waals surface area (Å²) in [5.74, 6) is -0.826. The van der Waals surface area contributed by atoms with Gasteiger partial charge in [-0.2, -0.15) is 0 Å². The zero-order valence-electron chi connectivity index (χ0n) is 18.5. The van der Waals surface area contributed by atoms with E-state index >= 15 is 0 Å². The van der Waals surface area contributed by atoms with Crippen LogP contribution in [0, 0.1) is 0 Å². The van der Waals surface area contributed by atoms with Gasteiger partial charge in [-0.25, -0.2) is 0 Å². The molecule has 8 nitrogen and oxygen atoms in total. The molecule has 0 saturated heterocycles.